The molecule has 0 aliphatic rings. The van der Waals surface area contributed by atoms with E-state index < -0.39 is 0 Å². The number of rotatable bonds is 3. The lowest BCUT2D eigenvalue weighted by molar-refractivity contribution is -0.137. The summed E-state index contributed by atoms with van der Waals surface area (Å²) < 4.78 is 4.56. The minimum absolute atomic E-state index is 0.344. The topological polar surface area (TPSA) is 40.4 Å². The Balaban J connectivity index is 3.37. The number of hydrogen-bond acceptors (Lipinski definition) is 2. The van der Waals surface area contributed by atoms with Crippen LogP contribution in [0.2, 0.25) is 0 Å². The normalized spacial score (nSPS) is 9.56. The molecule has 0 aromatic carbocycles. The van der Waals surface area contributed by atoms with E-state index in [0.29, 0.717) is 6.61 Å². The highest BCUT2D eigenvalue weighted by Gasteiger charge is 1.89. The molecule has 3 nitrogen and oxygen atoms in total. The van der Waals surface area contributed by atoms with Gasteiger partial charge in [-0.3, -0.25) is 5.32 Å². The Morgan fingerprint density at radius 2 is 2.44 bits per heavy atom. The van der Waals surface area contributed by atoms with E-state index in [9.17, 15) is 4.79 Å². The SMILES string of the molecule is CCOC(=O)C=C[N]C. The first-order valence-electron chi connectivity index (χ1n) is 2.73. The van der Waals surface area contributed by atoms with Crippen LogP contribution in [0.15, 0.2) is 12.3 Å². The third-order valence-corrected chi connectivity index (χ3v) is 0.646. The summed E-state index contributed by atoms with van der Waals surface area (Å²) in [6.07, 6.45) is 2.68. The lowest BCUT2D eigenvalue weighted by Gasteiger charge is -1.92. The Morgan fingerprint density at radius 3 is 2.89 bits per heavy atom. The van der Waals surface area contributed by atoms with Crippen molar-refractivity contribution in [1.29, 1.82) is 0 Å². The lowest BCUT2D eigenvalue weighted by Crippen LogP contribution is -1.99. The van der Waals surface area contributed by atoms with Gasteiger partial charge in [0.25, 0.3) is 0 Å². The second-order valence-electron chi connectivity index (χ2n) is 1.33. The van der Waals surface area contributed by atoms with E-state index in [4.69, 9.17) is 0 Å². The average molecular weight is 128 g/mol. The van der Waals surface area contributed by atoms with Crippen LogP contribution in [-0.2, 0) is 9.53 Å². The highest BCUT2D eigenvalue weighted by Crippen LogP contribution is 1.77. The molecule has 0 saturated heterocycles. The zero-order valence-electron chi connectivity index (χ0n) is 5.63. The van der Waals surface area contributed by atoms with E-state index in [1.54, 1.807) is 14.0 Å². The maximum absolute atomic E-state index is 10.4. The molecule has 0 saturated carbocycles. The minimum atomic E-state index is -0.344. The molecular weight excluding hydrogens is 118 g/mol. The molecule has 1 radical (unpaired) electrons. The molecule has 0 aromatic heterocycles. The number of hydrogen-bond donors (Lipinski definition) is 0. The van der Waals surface area contributed by atoms with Gasteiger partial charge in [0.15, 0.2) is 0 Å². The molecule has 0 N–H and O–H groups in total. The molecule has 0 atom stereocenters. The van der Waals surface area contributed by atoms with Crippen molar-refractivity contribution in [2.24, 2.45) is 0 Å². The number of ether oxygens (including phenoxy) is 1. The van der Waals surface area contributed by atoms with E-state index in [0.717, 1.165) is 0 Å². The first-order valence-corrected chi connectivity index (χ1v) is 2.73. The Labute approximate surface area is 54.7 Å². The Kier molecular flexibility index (Phi) is 4.59. The van der Waals surface area contributed by atoms with Crippen molar-refractivity contribution in [2.45, 2.75) is 6.92 Å². The van der Waals surface area contributed by atoms with Crippen LogP contribution in [0.25, 0.3) is 0 Å². The van der Waals surface area contributed by atoms with E-state index in [1.165, 1.54) is 12.3 Å². The van der Waals surface area contributed by atoms with Gasteiger partial charge >= 0.3 is 5.97 Å². The van der Waals surface area contributed by atoms with Crippen LogP contribution >= 0.6 is 0 Å². The third-order valence-electron chi connectivity index (χ3n) is 0.646. The van der Waals surface area contributed by atoms with Crippen LogP contribution in [0, 0.1) is 0 Å². The molecule has 0 fully saturated rings. The van der Waals surface area contributed by atoms with Gasteiger partial charge in [-0.25, -0.2) is 4.79 Å². The van der Waals surface area contributed by atoms with Crippen LogP contribution in [0.5, 0.6) is 0 Å². The van der Waals surface area contributed by atoms with Crippen LogP contribution in [0.1, 0.15) is 6.92 Å². The Hall–Kier alpha value is -0.990. The monoisotopic (exact) mass is 128 g/mol. The largest absolute Gasteiger partial charge is 0.463 e. The molecule has 51 valence electrons. The lowest BCUT2D eigenvalue weighted by atomic mass is 10.6. The molecule has 0 unspecified atom stereocenters. The number of nitrogens with zero attached hydrogens (tertiary/aromatic N) is 1. The van der Waals surface area contributed by atoms with Crippen LogP contribution in [-0.4, -0.2) is 19.6 Å². The highest BCUT2D eigenvalue weighted by atomic mass is 16.5. The fraction of sp³-hybridized carbons (Fsp3) is 0.500. The van der Waals surface area contributed by atoms with Gasteiger partial charge in [0.1, 0.15) is 0 Å². The maximum Gasteiger partial charge on any atom is 0.332 e. The fourth-order valence-electron chi connectivity index (χ4n) is 0.326. The third kappa shape index (κ3) is 4.87. The van der Waals surface area contributed by atoms with Crippen molar-refractivity contribution in [3.8, 4) is 0 Å². The van der Waals surface area contributed by atoms with Crippen molar-refractivity contribution in [3.05, 3.63) is 12.3 Å². The summed E-state index contributed by atoms with van der Waals surface area (Å²) >= 11 is 0. The van der Waals surface area contributed by atoms with E-state index in [2.05, 4.69) is 10.1 Å². The summed E-state index contributed by atoms with van der Waals surface area (Å²) in [4.78, 5) is 10.4. The molecule has 0 aromatic rings. The second kappa shape index (κ2) is 5.15. The Morgan fingerprint density at radius 1 is 1.78 bits per heavy atom. The molecule has 0 bridgehead atoms. The highest BCUT2D eigenvalue weighted by molar-refractivity contribution is 5.81. The van der Waals surface area contributed by atoms with Crippen molar-refractivity contribution >= 4 is 5.97 Å². The van der Waals surface area contributed by atoms with E-state index in [-0.39, 0.29) is 5.97 Å². The van der Waals surface area contributed by atoms with Gasteiger partial charge in [-0.15, -0.1) is 0 Å². The molecule has 9 heavy (non-hydrogen) atoms. The summed E-state index contributed by atoms with van der Waals surface area (Å²) in [7, 11) is 1.59. The first kappa shape index (κ1) is 8.01. The Bertz CT molecular complexity index is 110. The molecule has 0 amide bonds. The van der Waals surface area contributed by atoms with Gasteiger partial charge in [0.2, 0.25) is 0 Å². The van der Waals surface area contributed by atoms with Crippen molar-refractivity contribution in [3.63, 3.8) is 0 Å². The van der Waals surface area contributed by atoms with Gasteiger partial charge in [-0.05, 0) is 6.92 Å². The van der Waals surface area contributed by atoms with Crippen LogP contribution in [0.4, 0.5) is 0 Å². The van der Waals surface area contributed by atoms with Gasteiger partial charge in [0, 0.05) is 19.3 Å². The van der Waals surface area contributed by atoms with Gasteiger partial charge in [-0.2, -0.15) is 0 Å². The number of esters is 1. The molecule has 0 aliphatic heterocycles. The van der Waals surface area contributed by atoms with Gasteiger partial charge < -0.3 is 4.74 Å². The summed E-state index contributed by atoms with van der Waals surface area (Å²) in [5, 5.41) is 3.58. The standard InChI is InChI=1S/C6H10NO2/c1-3-9-6(8)4-5-7-2/h4-5H,3H2,1-2H3. The summed E-state index contributed by atoms with van der Waals surface area (Å²) in [6.45, 7) is 2.17. The second-order valence-corrected chi connectivity index (χ2v) is 1.33. The zero-order chi connectivity index (χ0) is 7.11. The molecular formula is C6H10NO2. The average Bonchev–Trinajstić information content (AvgIpc) is 1.85. The number of carbonyl (C=O) groups is 1. The predicted molar refractivity (Wildman–Crippen MR) is 33.8 cm³/mol. The maximum atomic E-state index is 10.4. The quantitative estimate of drug-likeness (QED) is 0.405. The summed E-state index contributed by atoms with van der Waals surface area (Å²) in [5.74, 6) is -0.344. The van der Waals surface area contributed by atoms with Crippen LogP contribution in [0.3, 0.4) is 0 Å². The molecule has 0 heterocycles. The summed E-state index contributed by atoms with van der Waals surface area (Å²) in [6, 6.07) is 0. The van der Waals surface area contributed by atoms with E-state index >= 15 is 0 Å². The van der Waals surface area contributed by atoms with E-state index in [1.807, 2.05) is 0 Å². The van der Waals surface area contributed by atoms with Gasteiger partial charge in [0.05, 0.1) is 6.61 Å². The minimum Gasteiger partial charge on any atom is -0.463 e. The first-order chi connectivity index (χ1) is 4.31. The fourth-order valence-corrected chi connectivity index (χ4v) is 0.326. The molecule has 0 spiro atoms. The summed E-state index contributed by atoms with van der Waals surface area (Å²) in [5.41, 5.74) is 0. The molecule has 3 heteroatoms. The van der Waals surface area contributed by atoms with Crippen molar-refractivity contribution in [1.82, 2.24) is 5.32 Å². The smallest absolute Gasteiger partial charge is 0.332 e. The molecule has 0 aliphatic carbocycles. The van der Waals surface area contributed by atoms with Crippen molar-refractivity contribution in [2.75, 3.05) is 13.7 Å². The number of carbonyl (C=O) groups excluding carboxylic acids is 1. The van der Waals surface area contributed by atoms with Crippen LogP contribution < -0.4 is 5.32 Å². The zero-order valence-corrected chi connectivity index (χ0v) is 5.63. The molecule has 0 rings (SSSR count). The van der Waals surface area contributed by atoms with Gasteiger partial charge in [-0.1, -0.05) is 0 Å². The predicted octanol–water partition coefficient (Wildman–Crippen LogP) is 0.297. The van der Waals surface area contributed by atoms with Crippen molar-refractivity contribution < 1.29 is 9.53 Å².